The van der Waals surface area contributed by atoms with Crippen LogP contribution in [0.15, 0.2) is 54.7 Å². The van der Waals surface area contributed by atoms with Gasteiger partial charge in [-0.1, -0.05) is 36.4 Å². The van der Waals surface area contributed by atoms with Gasteiger partial charge in [-0.2, -0.15) is 0 Å². The number of aryl methyl sites for hydroxylation is 1. The van der Waals surface area contributed by atoms with Gasteiger partial charge in [0.15, 0.2) is 0 Å². The Labute approximate surface area is 204 Å². The third-order valence-electron chi connectivity index (χ3n) is 7.21. The van der Waals surface area contributed by atoms with E-state index in [0.717, 1.165) is 22.0 Å². The summed E-state index contributed by atoms with van der Waals surface area (Å²) in [5, 5.41) is 1.03. The molecule has 3 amide bonds. The Hall–Kier alpha value is -3.81. The molecule has 0 unspecified atom stereocenters. The number of likely N-dealkylation sites (N-methyl/N-ethyl adjacent to an activating group) is 1. The average Bonchev–Trinajstić information content (AvgIpc) is 3.22. The highest BCUT2D eigenvalue weighted by Crippen LogP contribution is 2.45. The molecule has 35 heavy (non-hydrogen) atoms. The van der Waals surface area contributed by atoms with Crippen LogP contribution in [0.4, 0.5) is 4.79 Å². The molecule has 0 bridgehead atoms. The van der Waals surface area contributed by atoms with Gasteiger partial charge in [-0.25, -0.2) is 4.79 Å². The lowest BCUT2D eigenvalue weighted by Gasteiger charge is -2.43. The number of aromatic nitrogens is 1. The second-order valence-corrected chi connectivity index (χ2v) is 9.15. The second-order valence-electron chi connectivity index (χ2n) is 9.15. The Morgan fingerprint density at radius 3 is 2.31 bits per heavy atom. The summed E-state index contributed by atoms with van der Waals surface area (Å²) in [6.07, 6.45) is 1.69. The third kappa shape index (κ3) is 3.83. The van der Waals surface area contributed by atoms with Crippen molar-refractivity contribution in [1.29, 1.82) is 0 Å². The van der Waals surface area contributed by atoms with E-state index in [1.165, 1.54) is 0 Å². The Morgan fingerprint density at radius 2 is 1.57 bits per heavy atom. The van der Waals surface area contributed by atoms with Gasteiger partial charge in [-0.15, -0.1) is 0 Å². The smallest absolute Gasteiger partial charge is 0.409 e. The summed E-state index contributed by atoms with van der Waals surface area (Å²) < 4.78 is 7.17. The van der Waals surface area contributed by atoms with E-state index in [2.05, 4.69) is 0 Å². The van der Waals surface area contributed by atoms with Crippen LogP contribution < -0.4 is 0 Å². The average molecular weight is 475 g/mol. The molecule has 0 spiro atoms. The maximum absolute atomic E-state index is 14.1. The molecule has 182 valence electrons. The van der Waals surface area contributed by atoms with Crippen molar-refractivity contribution in [3.8, 4) is 0 Å². The van der Waals surface area contributed by atoms with Crippen LogP contribution in [0, 0.1) is 0 Å². The lowest BCUT2D eigenvalue weighted by molar-refractivity contribution is -0.136. The number of rotatable bonds is 3. The Morgan fingerprint density at radius 1 is 0.914 bits per heavy atom. The van der Waals surface area contributed by atoms with Crippen molar-refractivity contribution < 1.29 is 19.1 Å². The fourth-order valence-electron chi connectivity index (χ4n) is 5.46. The summed E-state index contributed by atoms with van der Waals surface area (Å²) >= 11 is 0. The van der Waals surface area contributed by atoms with Crippen molar-refractivity contribution in [3.63, 3.8) is 0 Å². The summed E-state index contributed by atoms with van der Waals surface area (Å²) in [6.45, 7) is 3.80. The SMILES string of the molecule is CCOC(=O)N1CCN(C(=O)[C@H]2c3ccccc3C(=O)N(C)[C@H]2c2cn(C)c3ccccc23)CC1. The Balaban J connectivity index is 1.55. The van der Waals surface area contributed by atoms with Gasteiger partial charge in [0.2, 0.25) is 5.91 Å². The molecule has 8 heteroatoms. The summed E-state index contributed by atoms with van der Waals surface area (Å²) in [6, 6.07) is 15.0. The summed E-state index contributed by atoms with van der Waals surface area (Å²) in [5.74, 6) is -0.665. The molecule has 2 aliphatic heterocycles. The minimum atomic E-state index is -0.547. The van der Waals surface area contributed by atoms with Gasteiger partial charge in [0.25, 0.3) is 5.91 Å². The second kappa shape index (κ2) is 9.09. The molecule has 1 fully saturated rings. The summed E-state index contributed by atoms with van der Waals surface area (Å²) in [7, 11) is 3.76. The fraction of sp³-hybridized carbons (Fsp3) is 0.370. The molecule has 0 aliphatic carbocycles. The standard InChI is InChI=1S/C27H30N4O4/c1-4-35-27(34)31-15-13-30(14-16-31)26(33)23-19-10-5-6-11-20(19)25(32)29(3)24(23)21-17-28(2)22-12-8-7-9-18(21)22/h5-12,17,23-24H,4,13-16H2,1-3H3/t23-,24-/m0/s1. The number of benzene rings is 2. The first-order valence-electron chi connectivity index (χ1n) is 12.0. The van der Waals surface area contributed by atoms with E-state index >= 15 is 0 Å². The van der Waals surface area contributed by atoms with Crippen molar-refractivity contribution >= 4 is 28.8 Å². The molecular formula is C27H30N4O4. The molecule has 2 aliphatic rings. The number of hydrogen-bond acceptors (Lipinski definition) is 4. The molecule has 3 heterocycles. The zero-order chi connectivity index (χ0) is 24.7. The predicted molar refractivity (Wildman–Crippen MR) is 132 cm³/mol. The van der Waals surface area contributed by atoms with Crippen molar-refractivity contribution in [2.75, 3.05) is 39.8 Å². The highest BCUT2D eigenvalue weighted by atomic mass is 16.6. The third-order valence-corrected chi connectivity index (χ3v) is 7.21. The number of fused-ring (bicyclic) bond motifs is 2. The van der Waals surface area contributed by atoms with E-state index < -0.39 is 12.0 Å². The molecule has 1 aromatic heterocycles. The normalized spacial score (nSPS) is 20.2. The van der Waals surface area contributed by atoms with Crippen molar-refractivity contribution in [2.24, 2.45) is 7.05 Å². The number of nitrogens with zero attached hydrogens (tertiary/aromatic N) is 4. The van der Waals surface area contributed by atoms with Crippen LogP contribution >= 0.6 is 0 Å². The molecule has 2 atom stereocenters. The molecule has 2 aromatic carbocycles. The lowest BCUT2D eigenvalue weighted by atomic mass is 9.79. The van der Waals surface area contributed by atoms with E-state index in [1.54, 1.807) is 29.8 Å². The van der Waals surface area contributed by atoms with Gasteiger partial charge >= 0.3 is 6.09 Å². The fourth-order valence-corrected chi connectivity index (χ4v) is 5.46. The highest BCUT2D eigenvalue weighted by Gasteiger charge is 2.45. The van der Waals surface area contributed by atoms with Crippen LogP contribution in [0.25, 0.3) is 10.9 Å². The van der Waals surface area contributed by atoms with Gasteiger partial charge < -0.3 is 24.0 Å². The number of hydrogen-bond donors (Lipinski definition) is 0. The molecule has 3 aromatic rings. The van der Waals surface area contributed by atoms with E-state index in [0.29, 0.717) is 38.3 Å². The number of amides is 3. The summed E-state index contributed by atoms with van der Waals surface area (Å²) in [4.78, 5) is 44.9. The van der Waals surface area contributed by atoms with E-state index in [9.17, 15) is 14.4 Å². The number of piperazine rings is 1. The molecular weight excluding hydrogens is 444 g/mol. The molecule has 0 saturated carbocycles. The van der Waals surface area contributed by atoms with Crippen molar-refractivity contribution in [3.05, 3.63) is 71.4 Å². The quantitative estimate of drug-likeness (QED) is 0.583. The van der Waals surface area contributed by atoms with Crippen molar-refractivity contribution in [2.45, 2.75) is 18.9 Å². The zero-order valence-electron chi connectivity index (χ0n) is 20.3. The van der Waals surface area contributed by atoms with Crippen LogP contribution in [0.3, 0.4) is 0 Å². The first-order valence-corrected chi connectivity index (χ1v) is 12.0. The minimum absolute atomic E-state index is 0.0294. The first kappa shape index (κ1) is 23.0. The Bertz CT molecular complexity index is 1290. The van der Waals surface area contributed by atoms with Crippen LogP contribution in [0.5, 0.6) is 0 Å². The first-order chi connectivity index (χ1) is 16.9. The number of carbonyl (C=O) groups excluding carboxylic acids is 3. The molecule has 5 rings (SSSR count). The number of ether oxygens (including phenoxy) is 1. The van der Waals surface area contributed by atoms with Crippen LogP contribution in [0.1, 0.15) is 40.4 Å². The molecule has 0 N–H and O–H groups in total. The van der Waals surface area contributed by atoms with E-state index in [4.69, 9.17) is 4.74 Å². The van der Waals surface area contributed by atoms with Gasteiger partial charge in [0.1, 0.15) is 0 Å². The number of carbonyl (C=O) groups is 3. The maximum Gasteiger partial charge on any atom is 0.409 e. The van der Waals surface area contributed by atoms with Crippen molar-refractivity contribution in [1.82, 2.24) is 19.3 Å². The molecule has 1 saturated heterocycles. The lowest BCUT2D eigenvalue weighted by Crippen LogP contribution is -2.54. The van der Waals surface area contributed by atoms with Gasteiger partial charge in [-0.05, 0) is 24.6 Å². The van der Waals surface area contributed by atoms with Gasteiger partial charge in [-0.3, -0.25) is 9.59 Å². The maximum atomic E-state index is 14.1. The summed E-state index contributed by atoms with van der Waals surface area (Å²) in [5.41, 5.74) is 3.33. The van der Waals surface area contributed by atoms with E-state index in [1.807, 2.05) is 65.2 Å². The predicted octanol–water partition coefficient (Wildman–Crippen LogP) is 3.39. The molecule has 0 radical (unpaired) electrons. The topological polar surface area (TPSA) is 75.1 Å². The van der Waals surface area contributed by atoms with E-state index in [-0.39, 0.29) is 17.9 Å². The van der Waals surface area contributed by atoms with Crippen LogP contribution in [-0.2, 0) is 16.6 Å². The highest BCUT2D eigenvalue weighted by molar-refractivity contribution is 6.02. The molecule has 8 nitrogen and oxygen atoms in total. The van der Waals surface area contributed by atoms with Gasteiger partial charge in [0.05, 0.1) is 18.6 Å². The van der Waals surface area contributed by atoms with Gasteiger partial charge in [0, 0.05) is 68.5 Å². The zero-order valence-corrected chi connectivity index (χ0v) is 20.3. The Kier molecular flexibility index (Phi) is 5.96. The number of para-hydroxylation sites is 1. The monoisotopic (exact) mass is 474 g/mol. The minimum Gasteiger partial charge on any atom is -0.450 e. The van der Waals surface area contributed by atoms with Crippen LogP contribution in [0.2, 0.25) is 0 Å². The largest absolute Gasteiger partial charge is 0.450 e. The van der Waals surface area contributed by atoms with Crippen LogP contribution in [-0.4, -0.2) is 77.0 Å².